The van der Waals surface area contributed by atoms with Crippen LogP contribution in [0, 0.1) is 5.41 Å². The van der Waals surface area contributed by atoms with Crippen molar-refractivity contribution in [2.24, 2.45) is 5.41 Å². The number of methoxy groups -OCH3 is 1. The number of amides is 2. The predicted octanol–water partition coefficient (Wildman–Crippen LogP) is 5.48. The van der Waals surface area contributed by atoms with Crippen molar-refractivity contribution in [3.05, 3.63) is 72.7 Å². The van der Waals surface area contributed by atoms with Crippen LogP contribution in [0.15, 0.2) is 67.0 Å². The molecular formula is C35H45N5O4. The molecule has 9 heteroatoms. The standard InChI is InChI=1S/C35H45N5O4/c1-35(2,34(43)44-3)20-19-30(41)39(27-15-9-5-10-16-27)24-29-23-36-21-22-38(29)33(42)31-32(26-13-7-4-8-14-26)40(25-37-31)28-17-11-6-12-18-28/h4-5,7-10,13-16,25,28-29,36H,6,11-12,17-24H2,1-3H3/t29-/m0/s1. The van der Waals surface area contributed by atoms with Gasteiger partial charge in [-0.1, -0.05) is 67.8 Å². The van der Waals surface area contributed by atoms with Gasteiger partial charge in [0.15, 0.2) is 5.69 Å². The fraction of sp³-hybridized carbons (Fsp3) is 0.486. The molecule has 1 N–H and O–H groups in total. The van der Waals surface area contributed by atoms with Gasteiger partial charge in [0.1, 0.15) is 0 Å². The third-order valence-corrected chi connectivity index (χ3v) is 9.09. The average molecular weight is 600 g/mol. The summed E-state index contributed by atoms with van der Waals surface area (Å²) in [5.41, 5.74) is 2.30. The molecule has 3 aromatic rings. The summed E-state index contributed by atoms with van der Waals surface area (Å²) in [6.07, 6.45) is 8.16. The normalized spacial score (nSPS) is 17.7. The number of anilines is 1. The molecule has 9 nitrogen and oxygen atoms in total. The van der Waals surface area contributed by atoms with Gasteiger partial charge in [-0.05, 0) is 45.2 Å². The molecular weight excluding hydrogens is 554 g/mol. The molecule has 1 aromatic heterocycles. The van der Waals surface area contributed by atoms with Gasteiger partial charge >= 0.3 is 5.97 Å². The van der Waals surface area contributed by atoms with Crippen molar-refractivity contribution >= 4 is 23.5 Å². The average Bonchev–Trinajstić information content (AvgIpc) is 3.52. The second kappa shape index (κ2) is 14.2. The number of para-hydroxylation sites is 1. The summed E-state index contributed by atoms with van der Waals surface area (Å²) in [5.74, 6) is -0.554. The summed E-state index contributed by atoms with van der Waals surface area (Å²) in [7, 11) is 1.37. The van der Waals surface area contributed by atoms with Crippen molar-refractivity contribution in [3.63, 3.8) is 0 Å². The number of nitrogens with one attached hydrogen (secondary N) is 1. The molecule has 0 spiro atoms. The molecule has 1 atom stereocenters. The van der Waals surface area contributed by atoms with E-state index >= 15 is 0 Å². The molecule has 2 heterocycles. The number of hydrogen-bond acceptors (Lipinski definition) is 6. The van der Waals surface area contributed by atoms with Crippen LogP contribution in [0.25, 0.3) is 11.3 Å². The van der Waals surface area contributed by atoms with Gasteiger partial charge in [-0.25, -0.2) is 4.98 Å². The van der Waals surface area contributed by atoms with Crippen molar-refractivity contribution < 1.29 is 19.1 Å². The lowest BCUT2D eigenvalue weighted by molar-refractivity contribution is -0.151. The Hall–Kier alpha value is -3.98. The molecule has 0 bridgehead atoms. The number of rotatable bonds is 10. The SMILES string of the molecule is COC(=O)C(C)(C)CCC(=O)N(C[C@@H]1CNCCN1C(=O)c1ncn(C2CCCCC2)c1-c1ccccc1)c1ccccc1. The number of carbonyl (C=O) groups is 3. The van der Waals surface area contributed by atoms with Crippen molar-refractivity contribution in [1.82, 2.24) is 19.8 Å². The van der Waals surface area contributed by atoms with Crippen LogP contribution in [0.4, 0.5) is 5.69 Å². The largest absolute Gasteiger partial charge is 0.469 e. The van der Waals surface area contributed by atoms with Gasteiger partial charge in [0.05, 0.1) is 30.6 Å². The highest BCUT2D eigenvalue weighted by Crippen LogP contribution is 2.35. The van der Waals surface area contributed by atoms with E-state index in [-0.39, 0.29) is 30.2 Å². The van der Waals surface area contributed by atoms with E-state index < -0.39 is 5.41 Å². The van der Waals surface area contributed by atoms with Gasteiger partial charge in [0, 0.05) is 49.9 Å². The Bertz CT molecular complexity index is 1420. The van der Waals surface area contributed by atoms with E-state index in [0.717, 1.165) is 29.8 Å². The zero-order valence-electron chi connectivity index (χ0n) is 26.2. The first-order chi connectivity index (χ1) is 21.3. The maximum atomic E-state index is 14.4. The van der Waals surface area contributed by atoms with Gasteiger partial charge in [0.25, 0.3) is 5.91 Å². The minimum Gasteiger partial charge on any atom is -0.469 e. The molecule has 234 valence electrons. The quantitative estimate of drug-likeness (QED) is 0.310. The minimum absolute atomic E-state index is 0.0994. The third-order valence-electron chi connectivity index (χ3n) is 9.09. The highest BCUT2D eigenvalue weighted by atomic mass is 16.5. The van der Waals surface area contributed by atoms with Crippen molar-refractivity contribution in [3.8, 4) is 11.3 Å². The van der Waals surface area contributed by atoms with Crippen molar-refractivity contribution in [1.29, 1.82) is 0 Å². The molecule has 1 saturated heterocycles. The number of aromatic nitrogens is 2. The fourth-order valence-corrected chi connectivity index (χ4v) is 6.47. The van der Waals surface area contributed by atoms with Gasteiger partial charge < -0.3 is 24.4 Å². The summed E-state index contributed by atoms with van der Waals surface area (Å²) in [6, 6.07) is 19.7. The van der Waals surface area contributed by atoms with Gasteiger partial charge in [-0.15, -0.1) is 0 Å². The summed E-state index contributed by atoms with van der Waals surface area (Å²) >= 11 is 0. The Labute approximate surface area is 260 Å². The van der Waals surface area contributed by atoms with E-state index in [0.29, 0.717) is 44.3 Å². The molecule has 2 amide bonds. The number of piperazine rings is 1. The lowest BCUT2D eigenvalue weighted by Gasteiger charge is -2.39. The molecule has 5 rings (SSSR count). The Morgan fingerprint density at radius 2 is 1.68 bits per heavy atom. The number of carbonyl (C=O) groups excluding carboxylic acids is 3. The van der Waals surface area contributed by atoms with Gasteiger partial charge in [0.2, 0.25) is 5.91 Å². The van der Waals surface area contributed by atoms with Crippen molar-refractivity contribution in [2.75, 3.05) is 38.2 Å². The summed E-state index contributed by atoms with van der Waals surface area (Å²) in [5, 5.41) is 3.43. The zero-order valence-corrected chi connectivity index (χ0v) is 26.2. The number of hydrogen-bond donors (Lipinski definition) is 1. The molecule has 1 aliphatic heterocycles. The zero-order chi connectivity index (χ0) is 31.1. The Morgan fingerprint density at radius 1 is 1.00 bits per heavy atom. The topological polar surface area (TPSA) is 96.8 Å². The molecule has 1 aliphatic carbocycles. The highest BCUT2D eigenvalue weighted by molar-refractivity contribution is 5.99. The van der Waals surface area contributed by atoms with E-state index in [1.807, 2.05) is 71.9 Å². The first-order valence-corrected chi connectivity index (χ1v) is 15.9. The second-order valence-corrected chi connectivity index (χ2v) is 12.6. The molecule has 1 saturated carbocycles. The van der Waals surface area contributed by atoms with E-state index in [2.05, 4.69) is 9.88 Å². The van der Waals surface area contributed by atoms with Crippen molar-refractivity contribution in [2.45, 2.75) is 70.9 Å². The minimum atomic E-state index is -0.786. The van der Waals surface area contributed by atoms with Crippen LogP contribution in [0.1, 0.15) is 75.3 Å². The number of imidazole rings is 1. The lowest BCUT2D eigenvalue weighted by atomic mass is 9.87. The summed E-state index contributed by atoms with van der Waals surface area (Å²) < 4.78 is 7.18. The summed E-state index contributed by atoms with van der Waals surface area (Å²) in [4.78, 5) is 48.9. The number of esters is 1. The van der Waals surface area contributed by atoms with E-state index in [9.17, 15) is 14.4 Å². The smallest absolute Gasteiger partial charge is 0.311 e. The molecule has 2 fully saturated rings. The first kappa shape index (κ1) is 31.4. The maximum Gasteiger partial charge on any atom is 0.311 e. The predicted molar refractivity (Wildman–Crippen MR) is 171 cm³/mol. The first-order valence-electron chi connectivity index (χ1n) is 15.9. The molecule has 0 radical (unpaired) electrons. The second-order valence-electron chi connectivity index (χ2n) is 12.6. The van der Waals surface area contributed by atoms with Gasteiger partial charge in [-0.3, -0.25) is 14.4 Å². The molecule has 2 aliphatic rings. The molecule has 2 aromatic carbocycles. The Morgan fingerprint density at radius 3 is 2.36 bits per heavy atom. The Balaban J connectivity index is 1.43. The van der Waals surface area contributed by atoms with Crippen LogP contribution in [0.2, 0.25) is 0 Å². The monoisotopic (exact) mass is 599 g/mol. The van der Waals surface area contributed by atoms with Crippen LogP contribution < -0.4 is 10.2 Å². The number of nitrogens with zero attached hydrogens (tertiary/aromatic N) is 4. The highest BCUT2D eigenvalue weighted by Gasteiger charge is 2.35. The van der Waals surface area contributed by atoms with E-state index in [1.165, 1.54) is 26.4 Å². The summed E-state index contributed by atoms with van der Waals surface area (Å²) in [6.45, 7) is 5.64. The lowest BCUT2D eigenvalue weighted by Crippen LogP contribution is -2.58. The van der Waals surface area contributed by atoms with E-state index in [4.69, 9.17) is 9.72 Å². The Kier molecular flexibility index (Phi) is 10.1. The van der Waals surface area contributed by atoms with Crippen LogP contribution >= 0.6 is 0 Å². The van der Waals surface area contributed by atoms with Crippen LogP contribution in [0.3, 0.4) is 0 Å². The van der Waals surface area contributed by atoms with Crippen LogP contribution in [-0.2, 0) is 14.3 Å². The van der Waals surface area contributed by atoms with Gasteiger partial charge in [-0.2, -0.15) is 0 Å². The van der Waals surface area contributed by atoms with Crippen LogP contribution in [-0.4, -0.2) is 71.6 Å². The molecule has 0 unspecified atom stereocenters. The number of ether oxygens (including phenoxy) is 1. The van der Waals surface area contributed by atoms with Crippen LogP contribution in [0.5, 0.6) is 0 Å². The third kappa shape index (κ3) is 7.04. The maximum absolute atomic E-state index is 14.4. The van der Waals surface area contributed by atoms with E-state index in [1.54, 1.807) is 18.7 Å². The molecule has 44 heavy (non-hydrogen) atoms. The number of benzene rings is 2. The fourth-order valence-electron chi connectivity index (χ4n) is 6.47.